The van der Waals surface area contributed by atoms with Crippen LogP contribution >= 0.6 is 0 Å². The lowest BCUT2D eigenvalue weighted by Crippen LogP contribution is -2.11. The fourth-order valence-corrected chi connectivity index (χ4v) is 2.47. The molecule has 2 aromatic rings. The second-order valence-corrected chi connectivity index (χ2v) is 5.61. The van der Waals surface area contributed by atoms with E-state index < -0.39 is 23.5 Å². The molecule has 0 aliphatic carbocycles. The van der Waals surface area contributed by atoms with Gasteiger partial charge in [-0.25, -0.2) is 0 Å². The Kier molecular flexibility index (Phi) is 8.18. The summed E-state index contributed by atoms with van der Waals surface area (Å²) in [6, 6.07) is 11.3. The molecule has 0 saturated heterocycles. The standard InChI is InChI=1S/C18H16F6.C2H6/c19-17(20,21)15-10-14(11-16(12-15)18(22,23)24)9-5-4-8-13-6-2-1-3-7-13;1-2/h1-3,6-7,10-12H,4-5,8-9H2;1-2H3. The van der Waals surface area contributed by atoms with Crippen molar-refractivity contribution in [3.05, 3.63) is 70.8 Å². The molecular formula is C20H22F6. The van der Waals surface area contributed by atoms with Gasteiger partial charge in [0, 0.05) is 0 Å². The molecule has 0 spiro atoms. The Hall–Kier alpha value is -1.98. The Balaban J connectivity index is 0.00000163. The van der Waals surface area contributed by atoms with Crippen molar-refractivity contribution in [3.8, 4) is 0 Å². The van der Waals surface area contributed by atoms with Gasteiger partial charge < -0.3 is 0 Å². The molecule has 2 aromatic carbocycles. The average Bonchev–Trinajstić information content (AvgIpc) is 2.60. The van der Waals surface area contributed by atoms with Gasteiger partial charge in [0.05, 0.1) is 11.1 Å². The van der Waals surface area contributed by atoms with Gasteiger partial charge in [0.1, 0.15) is 0 Å². The smallest absolute Gasteiger partial charge is 0.166 e. The van der Waals surface area contributed by atoms with E-state index in [2.05, 4.69) is 0 Å². The van der Waals surface area contributed by atoms with Crippen LogP contribution in [-0.2, 0) is 25.2 Å². The third kappa shape index (κ3) is 7.10. The van der Waals surface area contributed by atoms with Gasteiger partial charge in [-0.05, 0) is 55.0 Å². The minimum absolute atomic E-state index is 0.0604. The number of rotatable bonds is 5. The molecule has 26 heavy (non-hydrogen) atoms. The summed E-state index contributed by atoms with van der Waals surface area (Å²) in [5.74, 6) is 0. The van der Waals surface area contributed by atoms with Crippen molar-refractivity contribution in [2.45, 2.75) is 51.9 Å². The molecule has 0 aliphatic heterocycles. The van der Waals surface area contributed by atoms with Crippen LogP contribution in [0.25, 0.3) is 0 Å². The molecule has 0 aromatic heterocycles. The number of hydrogen-bond donors (Lipinski definition) is 0. The maximum Gasteiger partial charge on any atom is 0.416 e. The summed E-state index contributed by atoms with van der Waals surface area (Å²) in [6.45, 7) is 4.00. The first-order valence-electron chi connectivity index (χ1n) is 8.48. The normalized spacial score (nSPS) is 11.7. The lowest BCUT2D eigenvalue weighted by Gasteiger charge is -2.14. The average molecular weight is 376 g/mol. The fraction of sp³-hybridized carbons (Fsp3) is 0.400. The molecule has 0 saturated carbocycles. The van der Waals surface area contributed by atoms with Gasteiger partial charge in [-0.1, -0.05) is 44.2 Å². The Morgan fingerprint density at radius 1 is 0.615 bits per heavy atom. The Morgan fingerprint density at radius 3 is 1.46 bits per heavy atom. The van der Waals surface area contributed by atoms with Crippen molar-refractivity contribution < 1.29 is 26.3 Å². The molecule has 0 nitrogen and oxygen atoms in total. The van der Waals surface area contributed by atoms with E-state index in [1.807, 2.05) is 44.2 Å². The number of aryl methyl sites for hydroxylation is 2. The highest BCUT2D eigenvalue weighted by atomic mass is 19.4. The molecule has 0 fully saturated rings. The van der Waals surface area contributed by atoms with E-state index >= 15 is 0 Å². The van der Waals surface area contributed by atoms with E-state index in [-0.39, 0.29) is 18.1 Å². The summed E-state index contributed by atoms with van der Waals surface area (Å²) >= 11 is 0. The van der Waals surface area contributed by atoms with Crippen LogP contribution in [0, 0.1) is 0 Å². The highest BCUT2D eigenvalue weighted by Gasteiger charge is 2.36. The summed E-state index contributed by atoms with van der Waals surface area (Å²) in [7, 11) is 0. The van der Waals surface area contributed by atoms with Crippen LogP contribution in [0.2, 0.25) is 0 Å². The lowest BCUT2D eigenvalue weighted by molar-refractivity contribution is -0.143. The van der Waals surface area contributed by atoms with E-state index in [1.54, 1.807) is 0 Å². The van der Waals surface area contributed by atoms with E-state index in [4.69, 9.17) is 0 Å². The van der Waals surface area contributed by atoms with E-state index in [0.717, 1.165) is 24.1 Å². The SMILES string of the molecule is CC.FC(F)(F)c1cc(CCCCc2ccccc2)cc(C(F)(F)F)c1. The maximum atomic E-state index is 12.8. The summed E-state index contributed by atoms with van der Waals surface area (Å²) in [4.78, 5) is 0. The second-order valence-electron chi connectivity index (χ2n) is 5.61. The third-order valence-corrected chi connectivity index (χ3v) is 3.67. The molecule has 2 rings (SSSR count). The van der Waals surface area contributed by atoms with Crippen molar-refractivity contribution in [3.63, 3.8) is 0 Å². The number of benzene rings is 2. The first kappa shape index (κ1) is 22.1. The Bertz CT molecular complexity index is 624. The van der Waals surface area contributed by atoms with Crippen LogP contribution in [0.15, 0.2) is 48.5 Å². The lowest BCUT2D eigenvalue weighted by atomic mass is 9.99. The molecule has 0 radical (unpaired) electrons. The van der Waals surface area contributed by atoms with Crippen LogP contribution < -0.4 is 0 Å². The first-order valence-corrected chi connectivity index (χ1v) is 8.48. The van der Waals surface area contributed by atoms with Crippen LogP contribution in [0.4, 0.5) is 26.3 Å². The van der Waals surface area contributed by atoms with Crippen molar-refractivity contribution in [2.24, 2.45) is 0 Å². The summed E-state index contributed by atoms with van der Waals surface area (Å²) in [6.07, 6.45) is -7.44. The van der Waals surface area contributed by atoms with Crippen LogP contribution in [-0.4, -0.2) is 0 Å². The zero-order chi connectivity index (χ0) is 19.8. The van der Waals surface area contributed by atoms with Gasteiger partial charge in [-0.3, -0.25) is 0 Å². The van der Waals surface area contributed by atoms with Crippen molar-refractivity contribution in [1.29, 1.82) is 0 Å². The summed E-state index contributed by atoms with van der Waals surface area (Å²) in [5, 5.41) is 0. The van der Waals surface area contributed by atoms with Crippen molar-refractivity contribution in [2.75, 3.05) is 0 Å². The molecule has 6 heteroatoms. The van der Waals surface area contributed by atoms with E-state index in [9.17, 15) is 26.3 Å². The monoisotopic (exact) mass is 376 g/mol. The van der Waals surface area contributed by atoms with Gasteiger partial charge in [-0.2, -0.15) is 26.3 Å². The molecule has 0 bridgehead atoms. The minimum Gasteiger partial charge on any atom is -0.166 e. The number of unbranched alkanes of at least 4 members (excludes halogenated alkanes) is 1. The number of alkyl halides is 6. The highest BCUT2D eigenvalue weighted by molar-refractivity contribution is 5.33. The van der Waals surface area contributed by atoms with Crippen LogP contribution in [0.1, 0.15) is 48.9 Å². The zero-order valence-corrected chi connectivity index (χ0v) is 14.7. The van der Waals surface area contributed by atoms with Gasteiger partial charge in [0.15, 0.2) is 0 Å². The molecule has 0 amide bonds. The van der Waals surface area contributed by atoms with E-state index in [1.165, 1.54) is 0 Å². The van der Waals surface area contributed by atoms with Crippen LogP contribution in [0.3, 0.4) is 0 Å². The van der Waals surface area contributed by atoms with Crippen molar-refractivity contribution >= 4 is 0 Å². The third-order valence-electron chi connectivity index (χ3n) is 3.67. The Labute approximate surface area is 149 Å². The Morgan fingerprint density at radius 2 is 1.04 bits per heavy atom. The highest BCUT2D eigenvalue weighted by Crippen LogP contribution is 2.36. The van der Waals surface area contributed by atoms with Gasteiger partial charge in [0.2, 0.25) is 0 Å². The molecule has 0 heterocycles. The van der Waals surface area contributed by atoms with E-state index in [0.29, 0.717) is 12.8 Å². The predicted octanol–water partition coefficient (Wildman–Crippen LogP) is 7.32. The molecule has 0 N–H and O–H groups in total. The summed E-state index contributed by atoms with van der Waals surface area (Å²) in [5.41, 5.74) is -1.35. The quantitative estimate of drug-likeness (QED) is 0.379. The summed E-state index contributed by atoms with van der Waals surface area (Å²) < 4.78 is 76.7. The largest absolute Gasteiger partial charge is 0.416 e. The maximum absolute atomic E-state index is 12.8. The number of halogens is 6. The van der Waals surface area contributed by atoms with Gasteiger partial charge >= 0.3 is 12.4 Å². The number of hydrogen-bond acceptors (Lipinski definition) is 0. The molecule has 0 aliphatic rings. The molecular weight excluding hydrogens is 354 g/mol. The molecule has 0 unspecified atom stereocenters. The first-order chi connectivity index (χ1) is 12.2. The minimum atomic E-state index is -4.79. The molecule has 0 atom stereocenters. The van der Waals surface area contributed by atoms with Gasteiger partial charge in [0.25, 0.3) is 0 Å². The fourth-order valence-electron chi connectivity index (χ4n) is 2.47. The zero-order valence-electron chi connectivity index (χ0n) is 14.7. The topological polar surface area (TPSA) is 0 Å². The van der Waals surface area contributed by atoms with Gasteiger partial charge in [-0.15, -0.1) is 0 Å². The van der Waals surface area contributed by atoms with Crippen molar-refractivity contribution in [1.82, 2.24) is 0 Å². The second kappa shape index (κ2) is 9.64. The molecule has 144 valence electrons. The predicted molar refractivity (Wildman–Crippen MR) is 90.9 cm³/mol. The van der Waals surface area contributed by atoms with Crippen LogP contribution in [0.5, 0.6) is 0 Å².